The Bertz CT molecular complexity index is 579. The molecule has 1 unspecified atom stereocenters. The lowest BCUT2D eigenvalue weighted by atomic mass is 10.1. The number of nitrogens with one attached hydrogen (secondary N) is 2. The monoisotopic (exact) mass is 325 g/mol. The summed E-state index contributed by atoms with van der Waals surface area (Å²) in [6.07, 6.45) is 1.02. The van der Waals surface area contributed by atoms with E-state index >= 15 is 0 Å². The van der Waals surface area contributed by atoms with Gasteiger partial charge in [0.2, 0.25) is 5.91 Å². The molecule has 2 heterocycles. The van der Waals surface area contributed by atoms with E-state index in [9.17, 15) is 9.59 Å². The van der Waals surface area contributed by atoms with Gasteiger partial charge in [0.05, 0.1) is 13.7 Å². The van der Waals surface area contributed by atoms with Crippen LogP contribution in [0, 0.1) is 0 Å². The first kappa shape index (κ1) is 16.6. The van der Waals surface area contributed by atoms with Gasteiger partial charge in [-0.3, -0.25) is 14.5 Å². The third-order valence-electron chi connectivity index (χ3n) is 4.06. The number of rotatable bonds is 3. The Kier molecular flexibility index (Phi) is 5.26. The van der Waals surface area contributed by atoms with E-state index in [1.807, 2.05) is 17.0 Å². The number of para-hydroxylation sites is 1. The Labute approximate surface area is 135 Å². The van der Waals surface area contributed by atoms with E-state index in [1.165, 1.54) is 12.7 Å². The normalized spacial score (nSPS) is 20.4. The minimum absolute atomic E-state index is 0. The summed E-state index contributed by atoms with van der Waals surface area (Å²) in [6.45, 7) is 2.01. The number of nitrogens with zero attached hydrogens (tertiary/aromatic N) is 1. The van der Waals surface area contributed by atoms with Gasteiger partial charge in [-0.2, -0.15) is 0 Å². The van der Waals surface area contributed by atoms with E-state index in [0.29, 0.717) is 13.1 Å². The molecule has 1 aromatic rings. The Hall–Kier alpha value is -1.79. The molecule has 0 spiro atoms. The summed E-state index contributed by atoms with van der Waals surface area (Å²) in [5.41, 5.74) is 3.56. The second-order valence-corrected chi connectivity index (χ2v) is 5.38. The summed E-state index contributed by atoms with van der Waals surface area (Å²) in [4.78, 5) is 25.4. The summed E-state index contributed by atoms with van der Waals surface area (Å²) in [7, 11) is 1.37. The fourth-order valence-corrected chi connectivity index (χ4v) is 2.99. The van der Waals surface area contributed by atoms with Crippen molar-refractivity contribution < 1.29 is 14.3 Å². The van der Waals surface area contributed by atoms with Gasteiger partial charge in [-0.05, 0) is 17.5 Å². The average Bonchev–Trinajstić information content (AvgIpc) is 2.96. The van der Waals surface area contributed by atoms with Crippen molar-refractivity contribution in [3.8, 4) is 0 Å². The molecule has 3 rings (SSSR count). The van der Waals surface area contributed by atoms with Gasteiger partial charge < -0.3 is 15.4 Å². The standard InChI is InChI=1S/C15H19N3O3.ClH/c1-21-15(20)12-7-17-13(19)9-18(12)8-11-4-2-3-10-5-6-16-14(10)11;/h2-4,12,16H,5-9H2,1H3,(H,17,19);1H. The number of hydrogen-bond donors (Lipinski definition) is 2. The van der Waals surface area contributed by atoms with Crippen LogP contribution in [0.15, 0.2) is 18.2 Å². The van der Waals surface area contributed by atoms with E-state index in [2.05, 4.69) is 16.7 Å². The Morgan fingerprint density at radius 1 is 1.41 bits per heavy atom. The summed E-state index contributed by atoms with van der Waals surface area (Å²) in [5, 5.41) is 6.10. The van der Waals surface area contributed by atoms with Crippen LogP contribution in [0.25, 0.3) is 0 Å². The van der Waals surface area contributed by atoms with Crippen LogP contribution in [0.1, 0.15) is 11.1 Å². The number of esters is 1. The van der Waals surface area contributed by atoms with Crippen LogP contribution in [0.5, 0.6) is 0 Å². The molecule has 0 aromatic heterocycles. The number of anilines is 1. The Morgan fingerprint density at radius 2 is 2.23 bits per heavy atom. The number of piperazine rings is 1. The lowest BCUT2D eigenvalue weighted by Crippen LogP contribution is -2.57. The second-order valence-electron chi connectivity index (χ2n) is 5.38. The molecule has 2 N–H and O–H groups in total. The maximum absolute atomic E-state index is 11.9. The van der Waals surface area contributed by atoms with Crippen molar-refractivity contribution in [1.29, 1.82) is 0 Å². The maximum Gasteiger partial charge on any atom is 0.324 e. The van der Waals surface area contributed by atoms with Crippen molar-refractivity contribution in [2.45, 2.75) is 19.0 Å². The SMILES string of the molecule is COC(=O)C1CNC(=O)CN1Cc1cccc2c1NCC2.Cl. The summed E-state index contributed by atoms with van der Waals surface area (Å²) in [5.74, 6) is -0.369. The highest BCUT2D eigenvalue weighted by atomic mass is 35.5. The quantitative estimate of drug-likeness (QED) is 0.794. The summed E-state index contributed by atoms with van der Waals surface area (Å²) < 4.78 is 4.84. The first-order chi connectivity index (χ1) is 10.2. The molecule has 0 aliphatic carbocycles. The molecule has 120 valence electrons. The zero-order chi connectivity index (χ0) is 14.8. The number of halogens is 1. The van der Waals surface area contributed by atoms with Gasteiger partial charge >= 0.3 is 5.97 Å². The smallest absolute Gasteiger partial charge is 0.324 e. The van der Waals surface area contributed by atoms with Crippen molar-refractivity contribution >= 4 is 30.0 Å². The van der Waals surface area contributed by atoms with Crippen molar-refractivity contribution in [1.82, 2.24) is 10.2 Å². The third-order valence-corrected chi connectivity index (χ3v) is 4.06. The minimum Gasteiger partial charge on any atom is -0.468 e. The van der Waals surface area contributed by atoms with Gasteiger partial charge in [0, 0.05) is 25.3 Å². The largest absolute Gasteiger partial charge is 0.468 e. The van der Waals surface area contributed by atoms with Gasteiger partial charge in [-0.15, -0.1) is 12.4 Å². The van der Waals surface area contributed by atoms with Crippen molar-refractivity contribution in [3.05, 3.63) is 29.3 Å². The number of carbonyl (C=O) groups excluding carboxylic acids is 2. The van der Waals surface area contributed by atoms with Crippen molar-refractivity contribution in [2.24, 2.45) is 0 Å². The number of amides is 1. The topological polar surface area (TPSA) is 70.7 Å². The molecule has 0 saturated carbocycles. The molecule has 1 amide bonds. The first-order valence-corrected chi connectivity index (χ1v) is 7.12. The molecule has 2 aliphatic heterocycles. The van der Waals surface area contributed by atoms with Crippen LogP contribution >= 0.6 is 12.4 Å². The molecule has 1 fully saturated rings. The van der Waals surface area contributed by atoms with E-state index in [-0.39, 0.29) is 30.8 Å². The Balaban J connectivity index is 0.00000176. The van der Waals surface area contributed by atoms with Gasteiger partial charge in [-0.25, -0.2) is 0 Å². The predicted molar refractivity (Wildman–Crippen MR) is 85.1 cm³/mol. The van der Waals surface area contributed by atoms with Gasteiger partial charge in [0.1, 0.15) is 6.04 Å². The third kappa shape index (κ3) is 3.18. The fourth-order valence-electron chi connectivity index (χ4n) is 2.99. The predicted octanol–water partition coefficient (Wildman–Crippen LogP) is 0.550. The van der Waals surface area contributed by atoms with Crippen molar-refractivity contribution in [3.63, 3.8) is 0 Å². The molecule has 22 heavy (non-hydrogen) atoms. The van der Waals surface area contributed by atoms with Gasteiger partial charge in [0.25, 0.3) is 0 Å². The molecular formula is C15H20ClN3O3. The van der Waals surface area contributed by atoms with E-state index in [0.717, 1.165) is 24.2 Å². The van der Waals surface area contributed by atoms with Crippen LogP contribution in [0.2, 0.25) is 0 Å². The fraction of sp³-hybridized carbons (Fsp3) is 0.467. The van der Waals surface area contributed by atoms with Crippen LogP contribution < -0.4 is 10.6 Å². The lowest BCUT2D eigenvalue weighted by Gasteiger charge is -2.33. The molecule has 0 bridgehead atoms. The zero-order valence-electron chi connectivity index (χ0n) is 12.4. The highest BCUT2D eigenvalue weighted by molar-refractivity contribution is 5.85. The van der Waals surface area contributed by atoms with E-state index in [4.69, 9.17) is 4.74 Å². The molecular weight excluding hydrogens is 306 g/mol. The Morgan fingerprint density at radius 3 is 3.00 bits per heavy atom. The molecule has 6 nitrogen and oxygen atoms in total. The highest BCUT2D eigenvalue weighted by Crippen LogP contribution is 2.28. The molecule has 7 heteroatoms. The molecule has 0 radical (unpaired) electrons. The van der Waals surface area contributed by atoms with Crippen LogP contribution in [-0.2, 0) is 27.3 Å². The van der Waals surface area contributed by atoms with Crippen LogP contribution in [0.3, 0.4) is 0 Å². The van der Waals surface area contributed by atoms with Gasteiger partial charge in [-0.1, -0.05) is 18.2 Å². The van der Waals surface area contributed by atoms with Crippen molar-refractivity contribution in [2.75, 3.05) is 32.1 Å². The average molecular weight is 326 g/mol. The number of benzene rings is 1. The van der Waals surface area contributed by atoms with Gasteiger partial charge in [0.15, 0.2) is 0 Å². The highest BCUT2D eigenvalue weighted by Gasteiger charge is 2.33. The first-order valence-electron chi connectivity index (χ1n) is 7.12. The molecule has 1 saturated heterocycles. The van der Waals surface area contributed by atoms with E-state index in [1.54, 1.807) is 0 Å². The molecule has 1 aromatic carbocycles. The number of hydrogen-bond acceptors (Lipinski definition) is 5. The molecule has 2 aliphatic rings. The molecule has 1 atom stereocenters. The summed E-state index contributed by atoms with van der Waals surface area (Å²) in [6, 6.07) is 5.75. The van der Waals surface area contributed by atoms with E-state index < -0.39 is 6.04 Å². The zero-order valence-corrected chi connectivity index (χ0v) is 13.2. The maximum atomic E-state index is 11.9. The lowest BCUT2D eigenvalue weighted by molar-refractivity contribution is -0.149. The van der Waals surface area contributed by atoms with Crippen LogP contribution in [0.4, 0.5) is 5.69 Å². The number of ether oxygens (including phenoxy) is 1. The number of carbonyl (C=O) groups is 2. The number of fused-ring (bicyclic) bond motifs is 1. The minimum atomic E-state index is -0.426. The summed E-state index contributed by atoms with van der Waals surface area (Å²) >= 11 is 0. The number of methoxy groups -OCH3 is 1. The second kappa shape index (κ2) is 6.98. The van der Waals surface area contributed by atoms with Crippen LogP contribution in [-0.4, -0.2) is 49.6 Å².